The van der Waals surface area contributed by atoms with Crippen molar-refractivity contribution in [3.8, 4) is 0 Å². The molecule has 0 aromatic heterocycles. The molecule has 1 aromatic rings. The maximum absolute atomic E-state index is 12.2. The maximum atomic E-state index is 12.2. The van der Waals surface area contributed by atoms with E-state index in [-0.39, 0.29) is 18.4 Å². The molecule has 1 heterocycles. The van der Waals surface area contributed by atoms with E-state index in [0.29, 0.717) is 19.6 Å². The molecule has 5 heteroatoms. The minimum atomic E-state index is -3.25. The number of benzene rings is 1. The molecule has 2 rings (SSSR count). The lowest BCUT2D eigenvalue weighted by atomic mass is 10.1. The first-order chi connectivity index (χ1) is 9.13. The van der Waals surface area contributed by atoms with Crippen LogP contribution in [0.25, 0.3) is 0 Å². The third-order valence-electron chi connectivity index (χ3n) is 3.18. The van der Waals surface area contributed by atoms with Gasteiger partial charge in [0.05, 0.1) is 25.0 Å². The summed E-state index contributed by atoms with van der Waals surface area (Å²) in [6.07, 6.45) is 2.29. The van der Waals surface area contributed by atoms with E-state index in [1.165, 1.54) is 4.31 Å². The van der Waals surface area contributed by atoms with Gasteiger partial charge in [0.15, 0.2) is 0 Å². The van der Waals surface area contributed by atoms with E-state index < -0.39 is 10.0 Å². The van der Waals surface area contributed by atoms with Crippen LogP contribution in [0.5, 0.6) is 0 Å². The molecule has 0 aliphatic carbocycles. The van der Waals surface area contributed by atoms with Gasteiger partial charge in [-0.25, -0.2) is 8.42 Å². The van der Waals surface area contributed by atoms with Crippen molar-refractivity contribution in [2.75, 3.05) is 25.5 Å². The highest BCUT2D eigenvalue weighted by Crippen LogP contribution is 2.17. The first kappa shape index (κ1) is 14.2. The predicted molar refractivity (Wildman–Crippen MR) is 75.4 cm³/mol. The minimum absolute atomic E-state index is 0.0477. The molecule has 19 heavy (non-hydrogen) atoms. The number of rotatable bonds is 4. The van der Waals surface area contributed by atoms with E-state index >= 15 is 0 Å². The lowest BCUT2D eigenvalue weighted by Crippen LogP contribution is -2.43. The highest BCUT2D eigenvalue weighted by atomic mass is 32.2. The molecule has 0 N–H and O–H groups in total. The Kier molecular flexibility index (Phi) is 4.74. The topological polar surface area (TPSA) is 46.6 Å². The summed E-state index contributed by atoms with van der Waals surface area (Å²) in [5.74, 6) is 0.0477. The molecule has 0 radical (unpaired) electrons. The molecular weight excluding hydrogens is 262 g/mol. The van der Waals surface area contributed by atoms with Crippen molar-refractivity contribution in [1.82, 2.24) is 4.31 Å². The van der Waals surface area contributed by atoms with Gasteiger partial charge in [-0.3, -0.25) is 0 Å². The summed E-state index contributed by atoms with van der Waals surface area (Å²) >= 11 is 0. The van der Waals surface area contributed by atoms with Gasteiger partial charge in [-0.2, -0.15) is 4.31 Å². The van der Waals surface area contributed by atoms with Crippen LogP contribution >= 0.6 is 0 Å². The van der Waals surface area contributed by atoms with Crippen molar-refractivity contribution < 1.29 is 13.2 Å². The predicted octanol–water partition coefficient (Wildman–Crippen LogP) is 1.45. The highest BCUT2D eigenvalue weighted by Gasteiger charge is 2.31. The van der Waals surface area contributed by atoms with Gasteiger partial charge < -0.3 is 4.74 Å². The van der Waals surface area contributed by atoms with Gasteiger partial charge in [0.1, 0.15) is 0 Å². The van der Waals surface area contributed by atoms with Crippen molar-refractivity contribution in [1.29, 1.82) is 0 Å². The van der Waals surface area contributed by atoms with Crippen LogP contribution in [0.4, 0.5) is 0 Å². The molecule has 0 bridgehead atoms. The Bertz CT molecular complexity index is 513. The van der Waals surface area contributed by atoms with Gasteiger partial charge >= 0.3 is 0 Å². The van der Waals surface area contributed by atoms with E-state index in [4.69, 9.17) is 4.74 Å². The van der Waals surface area contributed by atoms with Crippen LogP contribution in [0, 0.1) is 0 Å². The third kappa shape index (κ3) is 3.65. The zero-order chi connectivity index (χ0) is 13.7. The van der Waals surface area contributed by atoms with Crippen molar-refractivity contribution in [2.24, 2.45) is 0 Å². The molecule has 0 amide bonds. The van der Waals surface area contributed by atoms with Crippen LogP contribution in [-0.2, 0) is 21.2 Å². The van der Waals surface area contributed by atoms with Crippen molar-refractivity contribution in [2.45, 2.75) is 12.5 Å². The molecule has 1 aliphatic rings. The molecule has 4 nitrogen and oxygen atoms in total. The highest BCUT2D eigenvalue weighted by molar-refractivity contribution is 7.89. The summed E-state index contributed by atoms with van der Waals surface area (Å²) < 4.78 is 31.3. The van der Waals surface area contributed by atoms with Crippen LogP contribution < -0.4 is 0 Å². The number of sulfonamides is 1. The Morgan fingerprint density at radius 1 is 1.37 bits per heavy atom. The maximum Gasteiger partial charge on any atom is 0.217 e. The first-order valence-corrected chi connectivity index (χ1v) is 7.96. The Labute approximate surface area is 114 Å². The van der Waals surface area contributed by atoms with Crippen LogP contribution in [0.15, 0.2) is 43.0 Å². The molecule has 1 aliphatic heterocycles. The van der Waals surface area contributed by atoms with Crippen LogP contribution in [0.2, 0.25) is 0 Å². The number of ether oxygens (including phenoxy) is 1. The first-order valence-electron chi connectivity index (χ1n) is 6.35. The second-order valence-corrected chi connectivity index (χ2v) is 6.63. The Morgan fingerprint density at radius 3 is 2.79 bits per heavy atom. The Hall–Kier alpha value is -1.17. The van der Waals surface area contributed by atoms with Gasteiger partial charge in [-0.1, -0.05) is 36.4 Å². The van der Waals surface area contributed by atoms with Gasteiger partial charge in [0.2, 0.25) is 10.0 Å². The van der Waals surface area contributed by atoms with E-state index in [9.17, 15) is 8.42 Å². The Balaban J connectivity index is 2.21. The number of hydrogen-bond donors (Lipinski definition) is 0. The molecule has 104 valence electrons. The van der Waals surface area contributed by atoms with Crippen LogP contribution in [0.3, 0.4) is 0 Å². The molecule has 0 spiro atoms. The molecule has 1 atom stereocenters. The molecular formula is C14H19NO3S. The monoisotopic (exact) mass is 281 g/mol. The molecule has 1 aromatic carbocycles. The molecule has 0 unspecified atom stereocenters. The summed E-state index contributed by atoms with van der Waals surface area (Å²) in [7, 11) is -3.25. The van der Waals surface area contributed by atoms with Crippen molar-refractivity contribution in [3.63, 3.8) is 0 Å². The number of nitrogens with zero attached hydrogens (tertiary/aromatic N) is 1. The van der Waals surface area contributed by atoms with Crippen LogP contribution in [0.1, 0.15) is 5.56 Å². The SMILES string of the molecule is C=CCN1[C@@H](Cc2ccccc2)COCCS1(=O)=O. The quantitative estimate of drug-likeness (QED) is 0.785. The summed E-state index contributed by atoms with van der Waals surface area (Å²) in [6, 6.07) is 9.71. The van der Waals surface area contributed by atoms with Gasteiger partial charge in [0, 0.05) is 6.54 Å². The summed E-state index contributed by atoms with van der Waals surface area (Å²) in [5.41, 5.74) is 1.11. The fourth-order valence-corrected chi connectivity index (χ4v) is 3.73. The van der Waals surface area contributed by atoms with E-state index in [1.807, 2.05) is 30.3 Å². The average molecular weight is 281 g/mol. The minimum Gasteiger partial charge on any atom is -0.379 e. The summed E-state index contributed by atoms with van der Waals surface area (Å²) in [6.45, 7) is 4.68. The van der Waals surface area contributed by atoms with E-state index in [1.54, 1.807) is 6.08 Å². The van der Waals surface area contributed by atoms with Crippen molar-refractivity contribution in [3.05, 3.63) is 48.6 Å². The Morgan fingerprint density at radius 2 is 2.11 bits per heavy atom. The lowest BCUT2D eigenvalue weighted by Gasteiger charge is -2.27. The standard InChI is InChI=1S/C14H19NO3S/c1-2-8-15-14(11-13-6-4-3-5-7-13)12-18-9-10-19(15,16)17/h2-7,14H,1,8-12H2/t14-/m0/s1. The van der Waals surface area contributed by atoms with Crippen molar-refractivity contribution >= 4 is 10.0 Å². The zero-order valence-electron chi connectivity index (χ0n) is 10.9. The van der Waals surface area contributed by atoms with E-state index in [2.05, 4.69) is 6.58 Å². The van der Waals surface area contributed by atoms with Crippen LogP contribution in [-0.4, -0.2) is 44.3 Å². The lowest BCUT2D eigenvalue weighted by molar-refractivity contribution is 0.114. The largest absolute Gasteiger partial charge is 0.379 e. The molecule has 0 saturated carbocycles. The van der Waals surface area contributed by atoms with Gasteiger partial charge in [0.25, 0.3) is 0 Å². The van der Waals surface area contributed by atoms with E-state index in [0.717, 1.165) is 5.56 Å². The fraction of sp³-hybridized carbons (Fsp3) is 0.429. The zero-order valence-corrected chi connectivity index (χ0v) is 11.7. The number of hydrogen-bond acceptors (Lipinski definition) is 3. The third-order valence-corrected chi connectivity index (χ3v) is 5.03. The summed E-state index contributed by atoms with van der Waals surface area (Å²) in [5, 5.41) is 0. The molecule has 1 fully saturated rings. The normalized spacial score (nSPS) is 23.7. The van der Waals surface area contributed by atoms with Gasteiger partial charge in [-0.05, 0) is 12.0 Å². The average Bonchev–Trinajstić information content (AvgIpc) is 2.53. The molecule has 1 saturated heterocycles. The summed E-state index contributed by atoms with van der Waals surface area (Å²) in [4.78, 5) is 0. The fourth-order valence-electron chi connectivity index (χ4n) is 2.25. The second-order valence-electron chi connectivity index (χ2n) is 4.59. The second kappa shape index (κ2) is 6.32. The van der Waals surface area contributed by atoms with Gasteiger partial charge in [-0.15, -0.1) is 6.58 Å². The smallest absolute Gasteiger partial charge is 0.217 e.